The Labute approximate surface area is 119 Å². The summed E-state index contributed by atoms with van der Waals surface area (Å²) in [5.74, 6) is -0.234. The van der Waals surface area contributed by atoms with Crippen LogP contribution in [0, 0.1) is 6.92 Å². The van der Waals surface area contributed by atoms with Crippen molar-refractivity contribution in [3.05, 3.63) is 29.3 Å². The van der Waals surface area contributed by atoms with Crippen LogP contribution in [0.4, 0.5) is 5.69 Å². The van der Waals surface area contributed by atoms with Gasteiger partial charge in [-0.15, -0.1) is 12.4 Å². The maximum atomic E-state index is 11.6. The first kappa shape index (κ1) is 17.4. The zero-order valence-corrected chi connectivity index (χ0v) is 12.2. The van der Waals surface area contributed by atoms with Crippen molar-refractivity contribution in [2.24, 2.45) is 0 Å². The summed E-state index contributed by atoms with van der Waals surface area (Å²) in [4.78, 5) is 23.1. The fourth-order valence-electron chi connectivity index (χ4n) is 1.49. The van der Waals surface area contributed by atoms with Crippen LogP contribution in [0.25, 0.3) is 0 Å². The minimum atomic E-state index is -0.166. The molecule has 1 rings (SSSR count). The first-order chi connectivity index (χ1) is 8.58. The number of hydrogen-bond acceptors (Lipinski definition) is 3. The Morgan fingerprint density at radius 2 is 1.89 bits per heavy atom. The molecule has 0 spiro atoms. The summed E-state index contributed by atoms with van der Waals surface area (Å²) < 4.78 is 0. The van der Waals surface area contributed by atoms with E-state index in [1.165, 1.54) is 0 Å². The molecule has 0 fully saturated rings. The summed E-state index contributed by atoms with van der Waals surface area (Å²) in [6.07, 6.45) is 0.403. The number of benzene rings is 1. The van der Waals surface area contributed by atoms with Gasteiger partial charge in [0.25, 0.3) is 5.91 Å². The number of halogens is 1. The summed E-state index contributed by atoms with van der Waals surface area (Å²) in [7, 11) is 3.37. The quantitative estimate of drug-likeness (QED) is 0.764. The van der Waals surface area contributed by atoms with Crippen LogP contribution < -0.4 is 16.0 Å². The van der Waals surface area contributed by atoms with Crippen molar-refractivity contribution < 1.29 is 9.59 Å². The fraction of sp³-hybridized carbons (Fsp3) is 0.385. The molecule has 0 unspecified atom stereocenters. The van der Waals surface area contributed by atoms with Gasteiger partial charge in [-0.05, 0) is 31.7 Å². The lowest BCUT2D eigenvalue weighted by Crippen LogP contribution is -2.20. The molecule has 0 bridgehead atoms. The lowest BCUT2D eigenvalue weighted by atomic mass is 10.1. The second-order valence-electron chi connectivity index (χ2n) is 4.01. The number of hydrogen-bond donors (Lipinski definition) is 3. The molecular weight excluding hydrogens is 266 g/mol. The van der Waals surface area contributed by atoms with E-state index < -0.39 is 0 Å². The Bertz CT molecular complexity index is 450. The molecule has 2 amide bonds. The van der Waals surface area contributed by atoms with Crippen molar-refractivity contribution in [1.82, 2.24) is 10.6 Å². The van der Waals surface area contributed by atoms with Crippen LogP contribution in [0.3, 0.4) is 0 Å². The monoisotopic (exact) mass is 285 g/mol. The lowest BCUT2D eigenvalue weighted by molar-refractivity contribution is -0.116. The van der Waals surface area contributed by atoms with E-state index in [0.29, 0.717) is 24.2 Å². The smallest absolute Gasteiger partial charge is 0.251 e. The zero-order chi connectivity index (χ0) is 13.5. The predicted molar refractivity (Wildman–Crippen MR) is 79.0 cm³/mol. The zero-order valence-electron chi connectivity index (χ0n) is 11.4. The molecule has 0 saturated heterocycles. The number of rotatable bonds is 5. The highest BCUT2D eigenvalue weighted by atomic mass is 35.5. The molecule has 106 valence electrons. The number of aryl methyl sites for hydroxylation is 1. The average molecular weight is 286 g/mol. The standard InChI is InChI=1S/C13H19N3O2.ClH/c1-9-4-5-10(13(18)15-3)8-11(9)16-12(17)6-7-14-2;/h4-5,8,14H,6-7H2,1-3H3,(H,15,18)(H,16,17);1H. The number of nitrogens with one attached hydrogen (secondary N) is 3. The van der Waals surface area contributed by atoms with Crippen LogP contribution in [0.2, 0.25) is 0 Å². The third-order valence-corrected chi connectivity index (χ3v) is 2.60. The normalized spacial score (nSPS) is 9.42. The first-order valence-corrected chi connectivity index (χ1v) is 5.85. The SMILES string of the molecule is CNCCC(=O)Nc1cc(C(=O)NC)ccc1C.Cl. The van der Waals surface area contributed by atoms with Crippen LogP contribution >= 0.6 is 12.4 Å². The van der Waals surface area contributed by atoms with Gasteiger partial charge in [0.1, 0.15) is 0 Å². The second-order valence-corrected chi connectivity index (χ2v) is 4.01. The third kappa shape index (κ3) is 5.28. The summed E-state index contributed by atoms with van der Waals surface area (Å²) in [6.45, 7) is 2.52. The van der Waals surface area contributed by atoms with Gasteiger partial charge in [0.15, 0.2) is 0 Å². The first-order valence-electron chi connectivity index (χ1n) is 5.85. The molecule has 3 N–H and O–H groups in total. The fourth-order valence-corrected chi connectivity index (χ4v) is 1.49. The highest BCUT2D eigenvalue weighted by Gasteiger charge is 2.08. The van der Waals surface area contributed by atoms with Gasteiger partial charge in [-0.1, -0.05) is 6.07 Å². The van der Waals surface area contributed by atoms with Gasteiger partial charge < -0.3 is 16.0 Å². The van der Waals surface area contributed by atoms with E-state index in [4.69, 9.17) is 0 Å². The number of carbonyl (C=O) groups is 2. The second kappa shape index (κ2) is 8.50. The van der Waals surface area contributed by atoms with E-state index in [0.717, 1.165) is 5.56 Å². The number of carbonyl (C=O) groups excluding carboxylic acids is 2. The van der Waals surface area contributed by atoms with Crippen LogP contribution in [-0.4, -0.2) is 32.5 Å². The summed E-state index contributed by atoms with van der Waals surface area (Å²) in [6, 6.07) is 5.24. The van der Waals surface area contributed by atoms with Crippen molar-refractivity contribution >= 4 is 29.9 Å². The van der Waals surface area contributed by atoms with Crippen LogP contribution in [-0.2, 0) is 4.79 Å². The van der Waals surface area contributed by atoms with Gasteiger partial charge in [0, 0.05) is 31.3 Å². The van der Waals surface area contributed by atoms with Crippen molar-refractivity contribution in [3.63, 3.8) is 0 Å². The van der Waals surface area contributed by atoms with E-state index in [9.17, 15) is 9.59 Å². The van der Waals surface area contributed by atoms with E-state index in [1.54, 1.807) is 26.2 Å². The molecule has 1 aromatic carbocycles. The minimum absolute atomic E-state index is 0. The van der Waals surface area contributed by atoms with Crippen LogP contribution in [0.15, 0.2) is 18.2 Å². The molecule has 1 aromatic rings. The third-order valence-electron chi connectivity index (χ3n) is 2.60. The maximum Gasteiger partial charge on any atom is 0.251 e. The molecule has 0 aromatic heterocycles. The number of amides is 2. The molecule has 0 atom stereocenters. The van der Waals surface area contributed by atoms with E-state index in [-0.39, 0.29) is 24.2 Å². The highest BCUT2D eigenvalue weighted by molar-refractivity contribution is 5.97. The maximum absolute atomic E-state index is 11.6. The van der Waals surface area contributed by atoms with Crippen molar-refractivity contribution in [1.29, 1.82) is 0 Å². The molecule has 0 heterocycles. The lowest BCUT2D eigenvalue weighted by Gasteiger charge is -2.10. The topological polar surface area (TPSA) is 70.2 Å². The van der Waals surface area contributed by atoms with Gasteiger partial charge in [-0.25, -0.2) is 0 Å². The Balaban J connectivity index is 0.00000324. The van der Waals surface area contributed by atoms with Gasteiger partial charge in [-0.2, -0.15) is 0 Å². The Morgan fingerprint density at radius 1 is 1.21 bits per heavy atom. The minimum Gasteiger partial charge on any atom is -0.355 e. The predicted octanol–water partition coefficient (Wildman–Crippen LogP) is 1.32. The van der Waals surface area contributed by atoms with E-state index >= 15 is 0 Å². The molecule has 5 nitrogen and oxygen atoms in total. The average Bonchev–Trinajstić information content (AvgIpc) is 2.38. The molecule has 6 heteroatoms. The Hall–Kier alpha value is -1.59. The molecule has 19 heavy (non-hydrogen) atoms. The molecule has 0 aliphatic heterocycles. The number of anilines is 1. The highest BCUT2D eigenvalue weighted by Crippen LogP contribution is 2.17. The van der Waals surface area contributed by atoms with E-state index in [2.05, 4.69) is 16.0 Å². The van der Waals surface area contributed by atoms with Gasteiger partial charge >= 0.3 is 0 Å². The largest absolute Gasteiger partial charge is 0.355 e. The summed E-state index contributed by atoms with van der Waals surface area (Å²) in [5.41, 5.74) is 2.14. The van der Waals surface area contributed by atoms with Crippen LogP contribution in [0.5, 0.6) is 0 Å². The molecule has 0 aliphatic rings. The van der Waals surface area contributed by atoms with Crippen molar-refractivity contribution in [2.75, 3.05) is 26.0 Å². The van der Waals surface area contributed by atoms with E-state index in [1.807, 2.05) is 13.0 Å². The summed E-state index contributed by atoms with van der Waals surface area (Å²) in [5, 5.41) is 8.27. The Kier molecular flexibility index (Phi) is 7.79. The van der Waals surface area contributed by atoms with Crippen molar-refractivity contribution in [3.8, 4) is 0 Å². The van der Waals surface area contributed by atoms with Gasteiger partial charge in [0.2, 0.25) is 5.91 Å². The van der Waals surface area contributed by atoms with Gasteiger partial charge in [-0.3, -0.25) is 9.59 Å². The molecular formula is C13H20ClN3O2. The molecule has 0 radical (unpaired) electrons. The Morgan fingerprint density at radius 3 is 2.47 bits per heavy atom. The van der Waals surface area contributed by atoms with Crippen molar-refractivity contribution in [2.45, 2.75) is 13.3 Å². The van der Waals surface area contributed by atoms with Crippen LogP contribution in [0.1, 0.15) is 22.3 Å². The molecule has 0 aliphatic carbocycles. The van der Waals surface area contributed by atoms with Gasteiger partial charge in [0.05, 0.1) is 0 Å². The molecule has 0 saturated carbocycles. The summed E-state index contributed by atoms with van der Waals surface area (Å²) >= 11 is 0.